The van der Waals surface area contributed by atoms with Crippen molar-refractivity contribution in [1.82, 2.24) is 5.32 Å². The Morgan fingerprint density at radius 3 is 2.56 bits per heavy atom. The minimum absolute atomic E-state index is 0.0390. The van der Waals surface area contributed by atoms with E-state index in [-0.39, 0.29) is 11.6 Å². The van der Waals surface area contributed by atoms with Gasteiger partial charge in [0.15, 0.2) is 0 Å². The van der Waals surface area contributed by atoms with Crippen molar-refractivity contribution in [3.8, 4) is 5.75 Å². The third-order valence-corrected chi connectivity index (χ3v) is 4.43. The lowest BCUT2D eigenvalue weighted by molar-refractivity contribution is 0.0927. The molecule has 0 atom stereocenters. The Hall–Kier alpha value is -2.63. The van der Waals surface area contributed by atoms with Gasteiger partial charge in [-0.1, -0.05) is 12.1 Å². The molecule has 1 aliphatic heterocycles. The average molecular weight is 346 g/mol. The molecule has 1 saturated heterocycles. The third-order valence-electron chi connectivity index (χ3n) is 4.43. The number of carbonyl (C=O) groups is 1. The molecule has 0 aliphatic carbocycles. The molecule has 25 heavy (non-hydrogen) atoms. The summed E-state index contributed by atoms with van der Waals surface area (Å²) in [7, 11) is 1.64. The zero-order valence-electron chi connectivity index (χ0n) is 14.0. The Morgan fingerprint density at radius 2 is 1.88 bits per heavy atom. The number of hydrogen-bond acceptors (Lipinski definition) is 3. The number of halogens is 2. The number of hydrogen-bond donors (Lipinski definition) is 1. The molecule has 0 aromatic heterocycles. The van der Waals surface area contributed by atoms with Crippen molar-refractivity contribution in [1.29, 1.82) is 0 Å². The minimum Gasteiger partial charge on any atom is -0.495 e. The highest BCUT2D eigenvalue weighted by molar-refractivity contribution is 5.94. The average Bonchev–Trinajstić information content (AvgIpc) is 2.62. The Labute approximate surface area is 145 Å². The van der Waals surface area contributed by atoms with Crippen LogP contribution in [0.1, 0.15) is 23.2 Å². The normalized spacial score (nSPS) is 15.1. The molecular weight excluding hydrogens is 326 g/mol. The Balaban J connectivity index is 1.60. The molecule has 1 heterocycles. The molecule has 0 bridgehead atoms. The first kappa shape index (κ1) is 17.2. The summed E-state index contributed by atoms with van der Waals surface area (Å²) in [5.41, 5.74) is 0.896. The first-order valence-electron chi connectivity index (χ1n) is 8.22. The van der Waals surface area contributed by atoms with Crippen molar-refractivity contribution in [2.45, 2.75) is 18.9 Å². The van der Waals surface area contributed by atoms with E-state index in [4.69, 9.17) is 4.74 Å². The number of carbonyl (C=O) groups excluding carboxylic acids is 1. The number of benzene rings is 2. The van der Waals surface area contributed by atoms with Crippen molar-refractivity contribution in [2.24, 2.45) is 0 Å². The van der Waals surface area contributed by atoms with Crippen LogP contribution >= 0.6 is 0 Å². The Morgan fingerprint density at radius 1 is 1.16 bits per heavy atom. The molecule has 1 amide bonds. The van der Waals surface area contributed by atoms with E-state index in [1.54, 1.807) is 7.11 Å². The summed E-state index contributed by atoms with van der Waals surface area (Å²) in [4.78, 5) is 14.4. The van der Waals surface area contributed by atoms with E-state index >= 15 is 0 Å². The van der Waals surface area contributed by atoms with Gasteiger partial charge < -0.3 is 15.0 Å². The number of para-hydroxylation sites is 2. The summed E-state index contributed by atoms with van der Waals surface area (Å²) in [6.45, 7) is 1.52. The van der Waals surface area contributed by atoms with Gasteiger partial charge in [-0.2, -0.15) is 0 Å². The van der Waals surface area contributed by atoms with Crippen LogP contribution in [0.3, 0.4) is 0 Å². The van der Waals surface area contributed by atoms with Crippen LogP contribution < -0.4 is 15.0 Å². The first-order chi connectivity index (χ1) is 12.1. The molecule has 3 rings (SSSR count). The maximum Gasteiger partial charge on any atom is 0.254 e. The highest BCUT2D eigenvalue weighted by atomic mass is 19.1. The molecule has 2 aromatic rings. The molecule has 2 aromatic carbocycles. The molecule has 4 nitrogen and oxygen atoms in total. The number of nitrogens with one attached hydrogen (secondary N) is 1. The van der Waals surface area contributed by atoms with Crippen LogP contribution in [0, 0.1) is 11.6 Å². The second-order valence-corrected chi connectivity index (χ2v) is 6.03. The maximum atomic E-state index is 13.7. The number of nitrogens with zero attached hydrogens (tertiary/aromatic N) is 1. The topological polar surface area (TPSA) is 41.6 Å². The highest BCUT2D eigenvalue weighted by Crippen LogP contribution is 2.29. The van der Waals surface area contributed by atoms with E-state index in [1.165, 1.54) is 6.07 Å². The van der Waals surface area contributed by atoms with Crippen LogP contribution in [0.5, 0.6) is 5.75 Å². The van der Waals surface area contributed by atoms with Gasteiger partial charge in [-0.3, -0.25) is 4.79 Å². The number of methoxy groups -OCH3 is 1. The van der Waals surface area contributed by atoms with Crippen LogP contribution in [0.2, 0.25) is 0 Å². The van der Waals surface area contributed by atoms with Gasteiger partial charge in [0.05, 0.1) is 18.4 Å². The molecule has 1 fully saturated rings. The molecule has 0 unspecified atom stereocenters. The molecule has 132 valence electrons. The van der Waals surface area contributed by atoms with Crippen molar-refractivity contribution in [3.05, 3.63) is 59.7 Å². The summed E-state index contributed by atoms with van der Waals surface area (Å²) in [6.07, 6.45) is 1.49. The number of anilines is 1. The lowest BCUT2D eigenvalue weighted by atomic mass is 10.0. The van der Waals surface area contributed by atoms with E-state index in [2.05, 4.69) is 10.2 Å². The van der Waals surface area contributed by atoms with Crippen molar-refractivity contribution in [3.63, 3.8) is 0 Å². The summed E-state index contributed by atoms with van der Waals surface area (Å²) in [6, 6.07) is 10.7. The smallest absolute Gasteiger partial charge is 0.254 e. The maximum absolute atomic E-state index is 13.7. The van der Waals surface area contributed by atoms with Gasteiger partial charge in [0.1, 0.15) is 17.4 Å². The minimum atomic E-state index is -0.844. The van der Waals surface area contributed by atoms with Crippen LogP contribution in [0.4, 0.5) is 14.5 Å². The van der Waals surface area contributed by atoms with Crippen molar-refractivity contribution in [2.75, 3.05) is 25.1 Å². The quantitative estimate of drug-likeness (QED) is 0.923. The fourth-order valence-electron chi connectivity index (χ4n) is 3.09. The monoisotopic (exact) mass is 346 g/mol. The van der Waals surface area contributed by atoms with Crippen molar-refractivity contribution >= 4 is 11.6 Å². The summed E-state index contributed by atoms with van der Waals surface area (Å²) in [5, 5.41) is 2.84. The van der Waals surface area contributed by atoms with Gasteiger partial charge in [-0.05, 0) is 37.1 Å². The molecule has 0 saturated carbocycles. The summed E-state index contributed by atoms with van der Waals surface area (Å²) < 4.78 is 32.0. The lowest BCUT2D eigenvalue weighted by Gasteiger charge is -2.34. The first-order valence-corrected chi connectivity index (χ1v) is 8.22. The highest BCUT2D eigenvalue weighted by Gasteiger charge is 2.23. The van der Waals surface area contributed by atoms with Gasteiger partial charge >= 0.3 is 0 Å². The van der Waals surface area contributed by atoms with Gasteiger partial charge in [0, 0.05) is 25.2 Å². The SMILES string of the molecule is COc1ccccc1N1CCC(NC(=O)c2ccc(F)cc2F)CC1. The zero-order chi connectivity index (χ0) is 17.8. The lowest BCUT2D eigenvalue weighted by Crippen LogP contribution is -2.45. The molecule has 1 N–H and O–H groups in total. The van der Waals surface area contributed by atoms with E-state index in [0.717, 1.165) is 49.5 Å². The number of rotatable bonds is 4. The zero-order valence-corrected chi connectivity index (χ0v) is 14.0. The fraction of sp³-hybridized carbons (Fsp3) is 0.316. The van der Waals surface area contributed by atoms with Crippen LogP contribution in [-0.2, 0) is 0 Å². The predicted molar refractivity (Wildman–Crippen MR) is 92.1 cm³/mol. The van der Waals surface area contributed by atoms with Gasteiger partial charge in [0.25, 0.3) is 5.91 Å². The fourth-order valence-corrected chi connectivity index (χ4v) is 3.09. The standard InChI is InChI=1S/C19H20F2N2O2/c1-25-18-5-3-2-4-17(18)23-10-8-14(9-11-23)22-19(24)15-7-6-13(20)12-16(15)21/h2-7,12,14H,8-11H2,1H3,(H,22,24). The van der Waals surface area contributed by atoms with Gasteiger partial charge in [-0.15, -0.1) is 0 Å². The molecule has 0 radical (unpaired) electrons. The molecule has 1 aliphatic rings. The number of ether oxygens (including phenoxy) is 1. The largest absolute Gasteiger partial charge is 0.495 e. The second-order valence-electron chi connectivity index (χ2n) is 6.03. The van der Waals surface area contributed by atoms with Crippen molar-refractivity contribution < 1.29 is 18.3 Å². The molecule has 6 heteroatoms. The van der Waals surface area contributed by atoms with E-state index in [9.17, 15) is 13.6 Å². The Bertz CT molecular complexity index is 759. The van der Waals surface area contributed by atoms with Crippen LogP contribution in [0.25, 0.3) is 0 Å². The number of piperidine rings is 1. The van der Waals surface area contributed by atoms with E-state index < -0.39 is 17.5 Å². The third kappa shape index (κ3) is 3.90. The van der Waals surface area contributed by atoms with E-state index in [1.807, 2.05) is 24.3 Å². The molecule has 0 spiro atoms. The number of amides is 1. The summed E-state index contributed by atoms with van der Waals surface area (Å²) >= 11 is 0. The van der Waals surface area contributed by atoms with E-state index in [0.29, 0.717) is 0 Å². The van der Waals surface area contributed by atoms with Gasteiger partial charge in [0.2, 0.25) is 0 Å². The van der Waals surface area contributed by atoms with Crippen LogP contribution in [-0.4, -0.2) is 32.1 Å². The van der Waals surface area contributed by atoms with Gasteiger partial charge in [-0.25, -0.2) is 8.78 Å². The predicted octanol–water partition coefficient (Wildman–Crippen LogP) is 3.37. The Kier molecular flexibility index (Phi) is 5.16. The second kappa shape index (κ2) is 7.51. The molecular formula is C19H20F2N2O2. The summed E-state index contributed by atoms with van der Waals surface area (Å²) in [5.74, 6) is -1.23. The van der Waals surface area contributed by atoms with Crippen LogP contribution in [0.15, 0.2) is 42.5 Å².